The largest absolute Gasteiger partial charge is 0.446 e. The van der Waals surface area contributed by atoms with Crippen molar-refractivity contribution >= 4 is 6.09 Å². The summed E-state index contributed by atoms with van der Waals surface area (Å²) in [7, 11) is 0. The summed E-state index contributed by atoms with van der Waals surface area (Å²) in [6, 6.07) is 0. The Hall–Kier alpha value is -0.770. The smallest absolute Gasteiger partial charge is 0.407 e. The zero-order valence-corrected chi connectivity index (χ0v) is 32.1. The van der Waals surface area contributed by atoms with Crippen molar-refractivity contribution in [3.8, 4) is 0 Å². The zero-order chi connectivity index (χ0) is 33.6. The fraction of sp³-hybridized carbons (Fsp3) is 0.976. The van der Waals surface area contributed by atoms with Crippen LogP contribution in [0.2, 0.25) is 0 Å². The summed E-state index contributed by atoms with van der Waals surface area (Å²) >= 11 is 0. The maximum absolute atomic E-state index is 12.5. The summed E-state index contributed by atoms with van der Waals surface area (Å²) in [6.07, 6.45) is 44.4. The zero-order valence-electron chi connectivity index (χ0n) is 32.1. The van der Waals surface area contributed by atoms with Gasteiger partial charge in [0.15, 0.2) is 0 Å². The van der Waals surface area contributed by atoms with Crippen molar-refractivity contribution in [2.45, 2.75) is 252 Å². The molecule has 0 aliphatic carbocycles. The Labute approximate surface area is 290 Å². The van der Waals surface area contributed by atoms with Gasteiger partial charge in [0.05, 0.1) is 6.10 Å². The number of carbonyl (C=O) groups excluding carboxylic acids is 1. The number of ether oxygens (including phenoxy) is 2. The van der Waals surface area contributed by atoms with Crippen LogP contribution in [0.3, 0.4) is 0 Å². The van der Waals surface area contributed by atoms with Crippen LogP contribution in [0.1, 0.15) is 240 Å². The Morgan fingerprint density at radius 1 is 0.457 bits per heavy atom. The van der Waals surface area contributed by atoms with E-state index in [0.717, 1.165) is 19.3 Å². The molecule has 4 nitrogen and oxygen atoms in total. The first-order chi connectivity index (χ1) is 22.6. The summed E-state index contributed by atoms with van der Waals surface area (Å²) in [6.45, 7) is 9.98. The molecule has 46 heavy (non-hydrogen) atoms. The van der Waals surface area contributed by atoms with E-state index in [1.54, 1.807) is 0 Å². The molecule has 0 unspecified atom stereocenters. The first kappa shape index (κ1) is 45.2. The molecule has 0 aromatic carbocycles. The van der Waals surface area contributed by atoms with Crippen LogP contribution in [0.5, 0.6) is 0 Å². The maximum Gasteiger partial charge on any atom is 0.407 e. The van der Waals surface area contributed by atoms with E-state index in [2.05, 4.69) is 19.2 Å². The topological polar surface area (TPSA) is 47.6 Å². The fourth-order valence-corrected chi connectivity index (χ4v) is 6.52. The molecule has 1 N–H and O–H groups in total. The first-order valence-electron chi connectivity index (χ1n) is 21.2. The molecule has 1 amide bonds. The molecule has 0 fully saturated rings. The molecule has 0 radical (unpaired) electrons. The van der Waals surface area contributed by atoms with Crippen LogP contribution in [0.25, 0.3) is 0 Å². The van der Waals surface area contributed by atoms with Crippen molar-refractivity contribution < 1.29 is 14.3 Å². The molecule has 0 saturated carbocycles. The van der Waals surface area contributed by atoms with E-state index < -0.39 is 0 Å². The molecule has 0 saturated heterocycles. The second-order valence-corrected chi connectivity index (χ2v) is 14.7. The van der Waals surface area contributed by atoms with Crippen molar-refractivity contribution in [2.75, 3.05) is 13.2 Å². The van der Waals surface area contributed by atoms with E-state index in [4.69, 9.17) is 9.47 Å². The number of hydrogen-bond acceptors (Lipinski definition) is 3. The van der Waals surface area contributed by atoms with Crippen LogP contribution in [0.4, 0.5) is 4.79 Å². The third-order valence-corrected chi connectivity index (χ3v) is 9.57. The van der Waals surface area contributed by atoms with Gasteiger partial charge < -0.3 is 14.8 Å². The Balaban J connectivity index is 3.96. The molecule has 4 heteroatoms. The van der Waals surface area contributed by atoms with E-state index in [1.165, 1.54) is 193 Å². The van der Waals surface area contributed by atoms with Crippen molar-refractivity contribution in [3.63, 3.8) is 0 Å². The predicted octanol–water partition coefficient (Wildman–Crippen LogP) is 14.4. The number of rotatable bonds is 38. The standard InChI is InChI=1S/C42H85NO3/c1-5-7-9-11-13-15-17-19-21-23-25-27-29-31-33-36-41(46-42(44)43-38-35-39-45-40(3)4)37-34-32-30-28-26-24-22-20-18-16-14-12-10-8-6-2/h40-41H,5-39H2,1-4H3,(H,43,44). The number of amides is 1. The average molecular weight is 652 g/mol. The molecule has 0 rings (SSSR count). The van der Waals surface area contributed by atoms with Crippen LogP contribution in [-0.4, -0.2) is 31.5 Å². The highest BCUT2D eigenvalue weighted by Gasteiger charge is 2.14. The minimum atomic E-state index is -0.239. The highest BCUT2D eigenvalue weighted by molar-refractivity contribution is 5.67. The molecule has 0 aliphatic rings. The molecule has 0 aromatic rings. The van der Waals surface area contributed by atoms with Crippen LogP contribution in [-0.2, 0) is 9.47 Å². The van der Waals surface area contributed by atoms with Gasteiger partial charge in [0.25, 0.3) is 0 Å². The average Bonchev–Trinajstić information content (AvgIpc) is 3.04. The third kappa shape index (κ3) is 37.7. The molecule has 0 aromatic heterocycles. The quantitative estimate of drug-likeness (QED) is 0.0676. The van der Waals surface area contributed by atoms with Crippen LogP contribution >= 0.6 is 0 Å². The molecular formula is C42H85NO3. The Kier molecular flexibility index (Phi) is 38.0. The van der Waals surface area contributed by atoms with Crippen molar-refractivity contribution in [1.29, 1.82) is 0 Å². The van der Waals surface area contributed by atoms with Gasteiger partial charge in [-0.15, -0.1) is 0 Å². The second kappa shape index (κ2) is 38.7. The van der Waals surface area contributed by atoms with Gasteiger partial charge in [0, 0.05) is 13.2 Å². The maximum atomic E-state index is 12.5. The van der Waals surface area contributed by atoms with E-state index in [9.17, 15) is 4.79 Å². The van der Waals surface area contributed by atoms with E-state index in [0.29, 0.717) is 13.2 Å². The van der Waals surface area contributed by atoms with Crippen molar-refractivity contribution in [3.05, 3.63) is 0 Å². The highest BCUT2D eigenvalue weighted by Crippen LogP contribution is 2.19. The van der Waals surface area contributed by atoms with Crippen LogP contribution in [0, 0.1) is 0 Å². The lowest BCUT2D eigenvalue weighted by atomic mass is 10.0. The third-order valence-electron chi connectivity index (χ3n) is 9.57. The minimum Gasteiger partial charge on any atom is -0.446 e. The van der Waals surface area contributed by atoms with Crippen LogP contribution in [0.15, 0.2) is 0 Å². The van der Waals surface area contributed by atoms with Crippen LogP contribution < -0.4 is 5.32 Å². The van der Waals surface area contributed by atoms with Gasteiger partial charge >= 0.3 is 6.09 Å². The summed E-state index contributed by atoms with van der Waals surface area (Å²) in [4.78, 5) is 12.5. The van der Waals surface area contributed by atoms with Gasteiger partial charge in [-0.05, 0) is 46.0 Å². The lowest BCUT2D eigenvalue weighted by molar-refractivity contribution is 0.0720. The number of alkyl carbamates (subject to hydrolysis) is 1. The molecule has 0 spiro atoms. The lowest BCUT2D eigenvalue weighted by Crippen LogP contribution is -2.30. The Morgan fingerprint density at radius 2 is 0.761 bits per heavy atom. The monoisotopic (exact) mass is 652 g/mol. The summed E-state index contributed by atoms with van der Waals surface area (Å²) in [5, 5.41) is 2.95. The number of nitrogens with one attached hydrogen (secondary N) is 1. The van der Waals surface area contributed by atoms with Gasteiger partial charge in [-0.2, -0.15) is 0 Å². The molecule has 0 heterocycles. The lowest BCUT2D eigenvalue weighted by Gasteiger charge is -2.18. The Bertz CT molecular complexity index is 547. The van der Waals surface area contributed by atoms with Crippen molar-refractivity contribution in [2.24, 2.45) is 0 Å². The van der Waals surface area contributed by atoms with E-state index in [1.807, 2.05) is 13.8 Å². The predicted molar refractivity (Wildman–Crippen MR) is 203 cm³/mol. The summed E-state index contributed by atoms with van der Waals surface area (Å²) in [5.41, 5.74) is 0. The SMILES string of the molecule is CCCCCCCCCCCCCCCCCC(CCCCCCCCCCCCCCCCC)OC(=O)NCCCOC(C)C. The van der Waals surface area contributed by atoms with Crippen molar-refractivity contribution in [1.82, 2.24) is 5.32 Å². The van der Waals surface area contributed by atoms with Gasteiger partial charge in [-0.1, -0.05) is 194 Å². The number of unbranched alkanes of at least 4 members (excludes halogenated alkanes) is 28. The minimum absolute atomic E-state index is 0.0656. The fourth-order valence-electron chi connectivity index (χ4n) is 6.52. The van der Waals surface area contributed by atoms with Gasteiger partial charge in [-0.25, -0.2) is 4.79 Å². The number of carbonyl (C=O) groups is 1. The molecule has 276 valence electrons. The van der Waals surface area contributed by atoms with E-state index in [-0.39, 0.29) is 18.3 Å². The Morgan fingerprint density at radius 3 is 1.07 bits per heavy atom. The second-order valence-electron chi connectivity index (χ2n) is 14.7. The number of hydrogen-bond donors (Lipinski definition) is 1. The first-order valence-corrected chi connectivity index (χ1v) is 21.2. The normalized spacial score (nSPS) is 11.6. The van der Waals surface area contributed by atoms with Gasteiger partial charge in [0.1, 0.15) is 6.10 Å². The molecule has 0 atom stereocenters. The van der Waals surface area contributed by atoms with Gasteiger partial charge in [0.2, 0.25) is 0 Å². The molecule has 0 aliphatic heterocycles. The summed E-state index contributed by atoms with van der Waals surface area (Å²) < 4.78 is 11.5. The molecular weight excluding hydrogens is 566 g/mol. The van der Waals surface area contributed by atoms with Gasteiger partial charge in [-0.3, -0.25) is 0 Å². The molecule has 0 bridgehead atoms. The highest BCUT2D eigenvalue weighted by atomic mass is 16.6. The summed E-state index contributed by atoms with van der Waals surface area (Å²) in [5.74, 6) is 0. The van der Waals surface area contributed by atoms with E-state index >= 15 is 0 Å².